The Bertz CT molecular complexity index is 1370. The molecule has 0 bridgehead atoms. The summed E-state index contributed by atoms with van der Waals surface area (Å²) in [4.78, 5) is 28.9. The molecule has 0 unspecified atom stereocenters. The SMILES string of the molecule is Cc1cc2c(F)c(Oc3ncnc(Nc4ccc(N5CCNCC5)cn4)c3NC=O)cc(F)c2[nH]1. The van der Waals surface area contributed by atoms with Gasteiger partial charge in [-0.15, -0.1) is 0 Å². The Morgan fingerprint density at radius 2 is 1.97 bits per heavy atom. The molecule has 0 atom stereocenters. The van der Waals surface area contributed by atoms with Gasteiger partial charge in [-0.3, -0.25) is 4.79 Å². The fraction of sp³-hybridized carbons (Fsp3) is 0.217. The molecule has 12 heteroatoms. The van der Waals surface area contributed by atoms with Gasteiger partial charge in [0.1, 0.15) is 17.8 Å². The summed E-state index contributed by atoms with van der Waals surface area (Å²) in [6.07, 6.45) is 3.33. The zero-order valence-electron chi connectivity index (χ0n) is 18.7. The lowest BCUT2D eigenvalue weighted by atomic mass is 10.2. The number of carbonyl (C=O) groups excluding carboxylic acids is 1. The fourth-order valence-corrected chi connectivity index (χ4v) is 3.93. The summed E-state index contributed by atoms with van der Waals surface area (Å²) in [5.74, 6) is -1.37. The van der Waals surface area contributed by atoms with Gasteiger partial charge in [0.25, 0.3) is 0 Å². The lowest BCUT2D eigenvalue weighted by molar-refractivity contribution is -0.105. The van der Waals surface area contributed by atoms with E-state index in [9.17, 15) is 9.18 Å². The number of hydrogen-bond donors (Lipinski definition) is 4. The van der Waals surface area contributed by atoms with Crippen LogP contribution in [0, 0.1) is 18.6 Å². The number of aryl methyl sites for hydroxylation is 1. The van der Waals surface area contributed by atoms with E-state index >= 15 is 4.39 Å². The summed E-state index contributed by atoms with van der Waals surface area (Å²) in [6.45, 7) is 5.29. The number of amides is 1. The summed E-state index contributed by atoms with van der Waals surface area (Å²) in [5.41, 5.74) is 1.67. The van der Waals surface area contributed by atoms with E-state index in [1.165, 1.54) is 12.4 Å². The third-order valence-electron chi connectivity index (χ3n) is 5.60. The average molecular weight is 480 g/mol. The number of anilines is 4. The summed E-state index contributed by atoms with van der Waals surface area (Å²) < 4.78 is 35.1. The number of nitrogens with one attached hydrogen (secondary N) is 4. The molecule has 1 saturated heterocycles. The number of carbonyl (C=O) groups is 1. The third kappa shape index (κ3) is 4.55. The maximum atomic E-state index is 15.0. The molecule has 1 fully saturated rings. The number of ether oxygens (including phenoxy) is 1. The van der Waals surface area contributed by atoms with Gasteiger partial charge in [-0.1, -0.05) is 0 Å². The Labute approximate surface area is 198 Å². The van der Waals surface area contributed by atoms with Crippen LogP contribution in [0.2, 0.25) is 0 Å². The van der Waals surface area contributed by atoms with Crippen LogP contribution >= 0.6 is 0 Å². The molecule has 1 aromatic carbocycles. The summed E-state index contributed by atoms with van der Waals surface area (Å²) in [5, 5.41) is 8.82. The first-order valence-corrected chi connectivity index (χ1v) is 10.9. The lowest BCUT2D eigenvalue weighted by Gasteiger charge is -2.29. The summed E-state index contributed by atoms with van der Waals surface area (Å²) in [6, 6.07) is 6.11. The van der Waals surface area contributed by atoms with Crippen molar-refractivity contribution in [2.24, 2.45) is 0 Å². The first-order chi connectivity index (χ1) is 17.0. The van der Waals surface area contributed by atoms with Crippen molar-refractivity contribution < 1.29 is 18.3 Å². The number of rotatable bonds is 7. The van der Waals surface area contributed by atoms with Crippen molar-refractivity contribution in [2.75, 3.05) is 41.7 Å². The van der Waals surface area contributed by atoms with Crippen molar-refractivity contribution in [1.29, 1.82) is 0 Å². The molecule has 5 rings (SSSR count). The number of nitrogens with zero attached hydrogens (tertiary/aromatic N) is 4. The predicted molar refractivity (Wildman–Crippen MR) is 127 cm³/mol. The largest absolute Gasteiger partial charge is 0.434 e. The highest BCUT2D eigenvalue weighted by atomic mass is 19.1. The number of hydrogen-bond acceptors (Lipinski definition) is 8. The van der Waals surface area contributed by atoms with E-state index in [-0.39, 0.29) is 34.0 Å². The van der Waals surface area contributed by atoms with E-state index in [1.54, 1.807) is 19.2 Å². The highest BCUT2D eigenvalue weighted by Gasteiger charge is 2.20. The van der Waals surface area contributed by atoms with Crippen molar-refractivity contribution in [2.45, 2.75) is 6.92 Å². The Morgan fingerprint density at radius 3 is 2.71 bits per heavy atom. The van der Waals surface area contributed by atoms with Crippen molar-refractivity contribution in [1.82, 2.24) is 25.3 Å². The second kappa shape index (κ2) is 9.50. The number of benzene rings is 1. The highest BCUT2D eigenvalue weighted by molar-refractivity contribution is 5.85. The normalized spacial score (nSPS) is 13.6. The Kier molecular flexibility index (Phi) is 6.10. The third-order valence-corrected chi connectivity index (χ3v) is 5.60. The van der Waals surface area contributed by atoms with Crippen molar-refractivity contribution in [3.8, 4) is 11.6 Å². The topological polar surface area (TPSA) is 120 Å². The van der Waals surface area contributed by atoms with Gasteiger partial charge in [-0.2, -0.15) is 4.98 Å². The molecular weight excluding hydrogens is 458 g/mol. The number of H-pyrrole nitrogens is 1. The molecule has 3 aromatic heterocycles. The second-order valence-corrected chi connectivity index (χ2v) is 7.94. The van der Waals surface area contributed by atoms with Crippen LogP contribution in [-0.4, -0.2) is 52.5 Å². The lowest BCUT2D eigenvalue weighted by Crippen LogP contribution is -2.43. The Morgan fingerprint density at radius 1 is 1.14 bits per heavy atom. The van der Waals surface area contributed by atoms with E-state index in [1.807, 2.05) is 6.07 Å². The second-order valence-electron chi connectivity index (χ2n) is 7.94. The molecule has 4 heterocycles. The van der Waals surface area contributed by atoms with Gasteiger partial charge in [0.2, 0.25) is 12.3 Å². The predicted octanol–water partition coefficient (Wildman–Crippen LogP) is 3.45. The van der Waals surface area contributed by atoms with Gasteiger partial charge in [0, 0.05) is 43.3 Å². The minimum Gasteiger partial charge on any atom is -0.434 e. The molecule has 1 amide bonds. The molecule has 180 valence electrons. The maximum absolute atomic E-state index is 15.0. The summed E-state index contributed by atoms with van der Waals surface area (Å²) in [7, 11) is 0. The van der Waals surface area contributed by atoms with Gasteiger partial charge < -0.3 is 30.6 Å². The molecule has 4 N–H and O–H groups in total. The van der Waals surface area contributed by atoms with Gasteiger partial charge in [0.15, 0.2) is 23.2 Å². The van der Waals surface area contributed by atoms with Gasteiger partial charge >= 0.3 is 0 Å². The van der Waals surface area contributed by atoms with Crippen molar-refractivity contribution in [3.63, 3.8) is 0 Å². The first-order valence-electron chi connectivity index (χ1n) is 10.9. The number of piperazine rings is 1. The van der Waals surface area contributed by atoms with Crippen LogP contribution in [0.4, 0.5) is 31.8 Å². The monoisotopic (exact) mass is 480 g/mol. The molecule has 0 spiro atoms. The molecular formula is C23H22F2N8O2. The van der Waals surface area contributed by atoms with E-state index in [0.29, 0.717) is 17.9 Å². The van der Waals surface area contributed by atoms with Gasteiger partial charge in [-0.05, 0) is 25.1 Å². The molecule has 35 heavy (non-hydrogen) atoms. The zero-order chi connectivity index (χ0) is 24.4. The van der Waals surface area contributed by atoms with Crippen molar-refractivity contribution in [3.05, 3.63) is 54.1 Å². The number of halogens is 2. The minimum absolute atomic E-state index is 0.0407. The number of aromatic amines is 1. The molecule has 4 aromatic rings. The standard InChI is InChI=1S/C23H22F2N8O2/c1-13-8-15-19(25)17(9-16(24)20(15)31-13)35-23-21(30-12-34)22(28-11-29-23)32-18-3-2-14(10-27-18)33-6-4-26-5-7-33/h2-3,8-12,26,31H,4-7H2,1H3,(H,30,34)(H,27,28,29,32). The van der Waals surface area contributed by atoms with Crippen LogP contribution in [-0.2, 0) is 4.79 Å². The number of aromatic nitrogens is 4. The Hall–Kier alpha value is -4.32. The summed E-state index contributed by atoms with van der Waals surface area (Å²) >= 11 is 0. The Balaban J connectivity index is 1.43. The number of pyridine rings is 1. The van der Waals surface area contributed by atoms with Crippen LogP contribution in [0.15, 0.2) is 36.8 Å². The molecule has 10 nitrogen and oxygen atoms in total. The van der Waals surface area contributed by atoms with E-state index in [4.69, 9.17) is 4.74 Å². The zero-order valence-corrected chi connectivity index (χ0v) is 18.7. The van der Waals surface area contributed by atoms with E-state index in [0.717, 1.165) is 37.9 Å². The molecule has 0 radical (unpaired) electrons. The first kappa shape index (κ1) is 22.5. The van der Waals surface area contributed by atoms with Gasteiger partial charge in [0.05, 0.1) is 17.4 Å². The molecule has 0 saturated carbocycles. The number of fused-ring (bicyclic) bond motifs is 1. The fourth-order valence-electron chi connectivity index (χ4n) is 3.93. The average Bonchev–Trinajstić information content (AvgIpc) is 3.28. The van der Waals surface area contributed by atoms with Crippen LogP contribution in [0.3, 0.4) is 0 Å². The van der Waals surface area contributed by atoms with Crippen molar-refractivity contribution >= 4 is 40.3 Å². The van der Waals surface area contributed by atoms with Gasteiger partial charge in [-0.25, -0.2) is 18.7 Å². The van der Waals surface area contributed by atoms with E-state index < -0.39 is 11.6 Å². The minimum atomic E-state index is -0.763. The van der Waals surface area contributed by atoms with Crippen LogP contribution in [0.25, 0.3) is 10.9 Å². The molecule has 1 aliphatic rings. The van der Waals surface area contributed by atoms with Crippen LogP contribution < -0.4 is 25.6 Å². The molecule has 1 aliphatic heterocycles. The quantitative estimate of drug-likeness (QED) is 0.297. The maximum Gasteiger partial charge on any atom is 0.248 e. The highest BCUT2D eigenvalue weighted by Crippen LogP contribution is 2.37. The van der Waals surface area contributed by atoms with E-state index in [2.05, 4.69) is 40.8 Å². The van der Waals surface area contributed by atoms with Crippen LogP contribution in [0.1, 0.15) is 5.69 Å². The van der Waals surface area contributed by atoms with Crippen LogP contribution in [0.5, 0.6) is 11.6 Å². The smallest absolute Gasteiger partial charge is 0.248 e. The molecule has 0 aliphatic carbocycles.